The van der Waals surface area contributed by atoms with Crippen LogP contribution < -0.4 is 11.2 Å². The molecule has 0 unspecified atom stereocenters. The highest BCUT2D eigenvalue weighted by atomic mass is 32.1. The standard InChI is InChI=1S/C13H21N3O4S/c1-2-7-14-10-11(16(19)20)12(17)15(13(14)18)8-5-3-4-6-9-21/h10,21H,2-9H2,1H3. The van der Waals surface area contributed by atoms with Crippen molar-refractivity contribution in [3.05, 3.63) is 37.1 Å². The van der Waals surface area contributed by atoms with Crippen molar-refractivity contribution in [1.29, 1.82) is 0 Å². The zero-order chi connectivity index (χ0) is 15.8. The molecule has 0 aromatic carbocycles. The van der Waals surface area contributed by atoms with E-state index in [2.05, 4.69) is 12.6 Å². The zero-order valence-electron chi connectivity index (χ0n) is 12.2. The number of nitro groups is 1. The molecule has 0 bridgehead atoms. The van der Waals surface area contributed by atoms with Gasteiger partial charge in [-0.25, -0.2) is 4.79 Å². The smallest absolute Gasteiger partial charge is 0.293 e. The Morgan fingerprint density at radius 1 is 1.19 bits per heavy atom. The molecule has 8 heteroatoms. The van der Waals surface area contributed by atoms with Crippen molar-refractivity contribution in [2.45, 2.75) is 52.1 Å². The second-order valence-corrected chi connectivity index (χ2v) is 5.29. The molecule has 1 aromatic rings. The minimum absolute atomic E-state index is 0.218. The molecular formula is C13H21N3O4S. The number of hydrogen-bond donors (Lipinski definition) is 1. The van der Waals surface area contributed by atoms with Gasteiger partial charge in [0.1, 0.15) is 0 Å². The van der Waals surface area contributed by atoms with E-state index in [1.807, 2.05) is 6.92 Å². The summed E-state index contributed by atoms with van der Waals surface area (Å²) in [5, 5.41) is 10.9. The van der Waals surface area contributed by atoms with Crippen LogP contribution in [0.5, 0.6) is 0 Å². The Kier molecular flexibility index (Phi) is 7.21. The van der Waals surface area contributed by atoms with E-state index in [9.17, 15) is 19.7 Å². The molecule has 0 fully saturated rings. The van der Waals surface area contributed by atoms with E-state index in [1.54, 1.807) is 0 Å². The van der Waals surface area contributed by atoms with E-state index in [1.165, 1.54) is 4.57 Å². The molecule has 7 nitrogen and oxygen atoms in total. The lowest BCUT2D eigenvalue weighted by atomic mass is 10.2. The van der Waals surface area contributed by atoms with Crippen molar-refractivity contribution in [1.82, 2.24) is 9.13 Å². The minimum atomic E-state index is -0.813. The number of aromatic nitrogens is 2. The van der Waals surface area contributed by atoms with Crippen molar-refractivity contribution in [2.75, 3.05) is 5.75 Å². The summed E-state index contributed by atoms with van der Waals surface area (Å²) >= 11 is 4.11. The summed E-state index contributed by atoms with van der Waals surface area (Å²) in [5.74, 6) is 0.806. The maximum absolute atomic E-state index is 12.2. The first-order valence-electron chi connectivity index (χ1n) is 7.12. The number of nitrogens with zero attached hydrogens (tertiary/aromatic N) is 3. The van der Waals surface area contributed by atoms with Gasteiger partial charge in [-0.3, -0.25) is 24.0 Å². The van der Waals surface area contributed by atoms with Crippen LogP contribution in [0.2, 0.25) is 0 Å². The zero-order valence-corrected chi connectivity index (χ0v) is 13.1. The summed E-state index contributed by atoms with van der Waals surface area (Å²) in [4.78, 5) is 34.4. The van der Waals surface area contributed by atoms with Crippen LogP contribution in [0.15, 0.2) is 15.8 Å². The van der Waals surface area contributed by atoms with Gasteiger partial charge in [-0.1, -0.05) is 19.8 Å². The lowest BCUT2D eigenvalue weighted by Gasteiger charge is -2.09. The van der Waals surface area contributed by atoms with Crippen LogP contribution in [0.1, 0.15) is 39.0 Å². The summed E-state index contributed by atoms with van der Waals surface area (Å²) in [7, 11) is 0. The first-order valence-corrected chi connectivity index (χ1v) is 7.75. The summed E-state index contributed by atoms with van der Waals surface area (Å²) in [5.41, 5.74) is -1.83. The summed E-state index contributed by atoms with van der Waals surface area (Å²) in [6.45, 7) is 2.44. The third-order valence-corrected chi connectivity index (χ3v) is 3.49. The van der Waals surface area contributed by atoms with Crippen molar-refractivity contribution >= 4 is 18.3 Å². The van der Waals surface area contributed by atoms with Gasteiger partial charge in [0.2, 0.25) is 0 Å². The monoisotopic (exact) mass is 315 g/mol. The van der Waals surface area contributed by atoms with Crippen LogP contribution in [-0.4, -0.2) is 19.8 Å². The second kappa shape index (κ2) is 8.66. The fourth-order valence-electron chi connectivity index (χ4n) is 2.10. The van der Waals surface area contributed by atoms with Crippen LogP contribution in [0.4, 0.5) is 5.69 Å². The number of rotatable bonds is 9. The Bertz CT molecular complexity index is 594. The molecule has 1 rings (SSSR count). The molecule has 0 radical (unpaired) electrons. The molecule has 0 aliphatic carbocycles. The SMILES string of the molecule is CCCn1cc([N+](=O)[O-])c(=O)n(CCCCCCS)c1=O. The third-order valence-electron chi connectivity index (χ3n) is 3.17. The Labute approximate surface area is 128 Å². The van der Waals surface area contributed by atoms with Gasteiger partial charge in [0, 0.05) is 13.1 Å². The number of unbranched alkanes of at least 4 members (excludes halogenated alkanes) is 3. The molecule has 0 aliphatic heterocycles. The molecule has 1 aromatic heterocycles. The van der Waals surface area contributed by atoms with Crippen molar-refractivity contribution in [2.24, 2.45) is 0 Å². The van der Waals surface area contributed by atoms with Gasteiger partial charge in [-0.05, 0) is 25.0 Å². The van der Waals surface area contributed by atoms with Crippen molar-refractivity contribution < 1.29 is 4.92 Å². The predicted octanol–water partition coefficient (Wildman–Crippen LogP) is 1.82. The second-order valence-electron chi connectivity index (χ2n) is 4.84. The Morgan fingerprint density at radius 2 is 1.86 bits per heavy atom. The predicted molar refractivity (Wildman–Crippen MR) is 84.2 cm³/mol. The van der Waals surface area contributed by atoms with E-state index < -0.39 is 21.9 Å². The van der Waals surface area contributed by atoms with Gasteiger partial charge < -0.3 is 0 Å². The van der Waals surface area contributed by atoms with Gasteiger partial charge in [0.25, 0.3) is 0 Å². The van der Waals surface area contributed by atoms with E-state index in [-0.39, 0.29) is 6.54 Å². The molecule has 0 atom stereocenters. The van der Waals surface area contributed by atoms with Crippen molar-refractivity contribution in [3.63, 3.8) is 0 Å². The highest BCUT2D eigenvalue weighted by Gasteiger charge is 2.19. The molecule has 0 amide bonds. The Morgan fingerprint density at radius 3 is 2.43 bits per heavy atom. The van der Waals surface area contributed by atoms with E-state index in [0.29, 0.717) is 19.4 Å². The fourth-order valence-corrected chi connectivity index (χ4v) is 2.32. The quantitative estimate of drug-likeness (QED) is 0.326. The number of thiol groups is 1. The van der Waals surface area contributed by atoms with Crippen molar-refractivity contribution in [3.8, 4) is 0 Å². The van der Waals surface area contributed by atoms with E-state index in [4.69, 9.17) is 0 Å². The van der Waals surface area contributed by atoms with E-state index in [0.717, 1.165) is 35.8 Å². The molecule has 21 heavy (non-hydrogen) atoms. The first-order chi connectivity index (χ1) is 10.0. The number of aryl methyl sites for hydroxylation is 1. The highest BCUT2D eigenvalue weighted by Crippen LogP contribution is 2.04. The molecule has 0 aliphatic rings. The van der Waals surface area contributed by atoms with Gasteiger partial charge in [-0.15, -0.1) is 0 Å². The normalized spacial score (nSPS) is 10.8. The summed E-state index contributed by atoms with van der Waals surface area (Å²) in [6, 6.07) is 0. The first kappa shape index (κ1) is 17.5. The van der Waals surface area contributed by atoms with Gasteiger partial charge in [-0.2, -0.15) is 12.6 Å². The lowest BCUT2D eigenvalue weighted by molar-refractivity contribution is -0.387. The van der Waals surface area contributed by atoms with E-state index >= 15 is 0 Å². The molecule has 0 N–H and O–H groups in total. The molecule has 1 heterocycles. The average Bonchev–Trinajstić information content (AvgIpc) is 2.44. The Hall–Kier alpha value is -1.57. The van der Waals surface area contributed by atoms with Gasteiger partial charge in [0.15, 0.2) is 0 Å². The van der Waals surface area contributed by atoms with Crippen LogP contribution in [-0.2, 0) is 13.1 Å². The topological polar surface area (TPSA) is 87.1 Å². The van der Waals surface area contributed by atoms with Crippen LogP contribution in [0.25, 0.3) is 0 Å². The summed E-state index contributed by atoms with van der Waals surface area (Å²) < 4.78 is 2.22. The lowest BCUT2D eigenvalue weighted by Crippen LogP contribution is -2.40. The maximum Gasteiger partial charge on any atom is 0.350 e. The van der Waals surface area contributed by atoms with Gasteiger partial charge in [0.05, 0.1) is 11.1 Å². The minimum Gasteiger partial charge on any atom is -0.293 e. The molecule has 0 saturated heterocycles. The fraction of sp³-hybridized carbons (Fsp3) is 0.692. The third kappa shape index (κ3) is 4.73. The van der Waals surface area contributed by atoms with Crippen LogP contribution in [0.3, 0.4) is 0 Å². The highest BCUT2D eigenvalue weighted by molar-refractivity contribution is 7.80. The Balaban J connectivity index is 3.02. The molecule has 0 spiro atoms. The molecule has 118 valence electrons. The maximum atomic E-state index is 12.2. The average molecular weight is 315 g/mol. The van der Waals surface area contributed by atoms with Crippen LogP contribution in [0, 0.1) is 10.1 Å². The largest absolute Gasteiger partial charge is 0.350 e. The molecular weight excluding hydrogens is 294 g/mol. The number of hydrogen-bond acceptors (Lipinski definition) is 5. The van der Waals surface area contributed by atoms with Gasteiger partial charge >= 0.3 is 16.9 Å². The summed E-state index contributed by atoms with van der Waals surface area (Å²) in [6.07, 6.45) is 5.17. The van der Waals surface area contributed by atoms with Crippen LogP contribution >= 0.6 is 12.6 Å². The molecule has 0 saturated carbocycles.